The van der Waals surface area contributed by atoms with Gasteiger partial charge in [-0.15, -0.1) is 16.4 Å². The average molecular weight is 261 g/mol. The standard InChI is InChI=1S/C12H15N5S/c1-12(2)13-11-9(10-14-15-16-17(10)12)7-5-3-4-6-8(7)18-11/h13H,3-6H2,1-2H3. The molecule has 94 valence electrons. The van der Waals surface area contributed by atoms with E-state index in [1.54, 1.807) is 0 Å². The predicted octanol–water partition coefficient (Wildman–Crippen LogP) is 2.40. The molecule has 0 aromatic carbocycles. The van der Waals surface area contributed by atoms with E-state index >= 15 is 0 Å². The molecule has 0 atom stereocenters. The van der Waals surface area contributed by atoms with Crippen molar-refractivity contribution in [1.29, 1.82) is 0 Å². The van der Waals surface area contributed by atoms with Gasteiger partial charge in [0.25, 0.3) is 0 Å². The fourth-order valence-corrected chi connectivity index (χ4v) is 4.38. The zero-order chi connectivity index (χ0) is 12.3. The predicted molar refractivity (Wildman–Crippen MR) is 70.7 cm³/mol. The molecule has 6 heteroatoms. The summed E-state index contributed by atoms with van der Waals surface area (Å²) in [5, 5.41) is 17.1. The highest BCUT2D eigenvalue weighted by atomic mass is 32.1. The summed E-state index contributed by atoms with van der Waals surface area (Å²) in [7, 11) is 0. The lowest BCUT2D eigenvalue weighted by Crippen LogP contribution is -2.39. The lowest BCUT2D eigenvalue weighted by Gasteiger charge is -2.32. The third-order valence-electron chi connectivity index (χ3n) is 3.81. The van der Waals surface area contributed by atoms with Crippen LogP contribution in [-0.2, 0) is 18.5 Å². The summed E-state index contributed by atoms with van der Waals surface area (Å²) in [5.74, 6) is 0.924. The molecule has 0 fully saturated rings. The Labute approximate surface area is 109 Å². The van der Waals surface area contributed by atoms with E-state index in [-0.39, 0.29) is 5.66 Å². The van der Waals surface area contributed by atoms with Gasteiger partial charge >= 0.3 is 0 Å². The average Bonchev–Trinajstić information content (AvgIpc) is 2.90. The minimum atomic E-state index is -0.251. The molecule has 0 bridgehead atoms. The molecular formula is C12H15N5S. The van der Waals surface area contributed by atoms with Crippen molar-refractivity contribution < 1.29 is 0 Å². The van der Waals surface area contributed by atoms with Crippen LogP contribution >= 0.6 is 11.3 Å². The number of thiophene rings is 1. The molecule has 0 saturated heterocycles. The number of fused-ring (bicyclic) bond motifs is 5. The van der Waals surface area contributed by atoms with E-state index in [2.05, 4.69) is 34.7 Å². The number of anilines is 1. The molecule has 3 heterocycles. The minimum absolute atomic E-state index is 0.251. The van der Waals surface area contributed by atoms with Gasteiger partial charge in [0.2, 0.25) is 0 Å². The first-order chi connectivity index (χ1) is 8.67. The SMILES string of the molecule is CC1(C)Nc2sc3c(c2-c2nnnn21)CCCC3. The van der Waals surface area contributed by atoms with E-state index in [0.29, 0.717) is 0 Å². The molecule has 2 aromatic heterocycles. The van der Waals surface area contributed by atoms with E-state index < -0.39 is 0 Å². The number of hydrogen-bond donors (Lipinski definition) is 1. The maximum atomic E-state index is 4.24. The Hall–Kier alpha value is -1.43. The number of nitrogens with one attached hydrogen (secondary N) is 1. The van der Waals surface area contributed by atoms with Crippen LogP contribution in [0.15, 0.2) is 0 Å². The fourth-order valence-electron chi connectivity index (χ4n) is 2.94. The Morgan fingerprint density at radius 1 is 1.28 bits per heavy atom. The first kappa shape index (κ1) is 10.5. The molecule has 18 heavy (non-hydrogen) atoms. The molecule has 1 N–H and O–H groups in total. The molecule has 0 spiro atoms. The number of aryl methyl sites for hydroxylation is 1. The van der Waals surface area contributed by atoms with Crippen LogP contribution in [0.3, 0.4) is 0 Å². The summed E-state index contributed by atoms with van der Waals surface area (Å²) in [6.07, 6.45) is 4.95. The normalized spacial score (nSPS) is 19.7. The van der Waals surface area contributed by atoms with Crippen LogP contribution in [0.2, 0.25) is 0 Å². The van der Waals surface area contributed by atoms with Crippen LogP contribution < -0.4 is 5.32 Å². The molecule has 0 unspecified atom stereocenters. The van der Waals surface area contributed by atoms with E-state index in [0.717, 1.165) is 12.2 Å². The number of aromatic nitrogens is 4. The van der Waals surface area contributed by atoms with Gasteiger partial charge in [0, 0.05) is 4.88 Å². The third-order valence-corrected chi connectivity index (χ3v) is 5.02. The lowest BCUT2D eigenvalue weighted by atomic mass is 9.94. The second kappa shape index (κ2) is 3.32. The minimum Gasteiger partial charge on any atom is -0.353 e. The van der Waals surface area contributed by atoms with Crippen LogP contribution in [0.1, 0.15) is 37.1 Å². The molecular weight excluding hydrogens is 246 g/mol. The van der Waals surface area contributed by atoms with Gasteiger partial charge in [-0.1, -0.05) is 0 Å². The molecule has 1 aliphatic carbocycles. The van der Waals surface area contributed by atoms with Gasteiger partial charge in [0.1, 0.15) is 10.7 Å². The van der Waals surface area contributed by atoms with Gasteiger partial charge in [-0.05, 0) is 55.5 Å². The van der Waals surface area contributed by atoms with Crippen molar-refractivity contribution in [2.24, 2.45) is 0 Å². The molecule has 4 rings (SSSR count). The summed E-state index contributed by atoms with van der Waals surface area (Å²) < 4.78 is 1.90. The highest BCUT2D eigenvalue weighted by Gasteiger charge is 2.36. The number of rotatable bonds is 0. The van der Waals surface area contributed by atoms with Crippen molar-refractivity contribution in [3.05, 3.63) is 10.4 Å². The first-order valence-corrected chi connectivity index (χ1v) is 7.20. The van der Waals surface area contributed by atoms with Crippen molar-refractivity contribution in [2.75, 3.05) is 5.32 Å². The fraction of sp³-hybridized carbons (Fsp3) is 0.583. The zero-order valence-electron chi connectivity index (χ0n) is 10.5. The van der Waals surface area contributed by atoms with Gasteiger partial charge in [-0.3, -0.25) is 0 Å². The van der Waals surface area contributed by atoms with Gasteiger partial charge in [-0.2, -0.15) is 4.68 Å². The molecule has 0 amide bonds. The van der Waals surface area contributed by atoms with Crippen molar-refractivity contribution in [2.45, 2.75) is 45.2 Å². The van der Waals surface area contributed by atoms with E-state index in [1.807, 2.05) is 16.0 Å². The zero-order valence-corrected chi connectivity index (χ0v) is 11.3. The van der Waals surface area contributed by atoms with Crippen molar-refractivity contribution in [3.63, 3.8) is 0 Å². The lowest BCUT2D eigenvalue weighted by molar-refractivity contribution is 0.361. The van der Waals surface area contributed by atoms with E-state index in [9.17, 15) is 0 Å². The largest absolute Gasteiger partial charge is 0.353 e. The summed E-state index contributed by atoms with van der Waals surface area (Å²) in [6.45, 7) is 4.21. The monoisotopic (exact) mass is 261 g/mol. The number of nitrogens with zero attached hydrogens (tertiary/aromatic N) is 4. The van der Waals surface area contributed by atoms with E-state index in [1.165, 1.54) is 40.3 Å². The van der Waals surface area contributed by atoms with Crippen molar-refractivity contribution in [1.82, 2.24) is 20.2 Å². The quantitative estimate of drug-likeness (QED) is 0.791. The van der Waals surface area contributed by atoms with Crippen molar-refractivity contribution >= 4 is 16.3 Å². The number of tetrazole rings is 1. The molecule has 5 nitrogen and oxygen atoms in total. The molecule has 0 saturated carbocycles. The molecule has 2 aliphatic rings. The smallest absolute Gasteiger partial charge is 0.187 e. The summed E-state index contributed by atoms with van der Waals surface area (Å²) >= 11 is 1.89. The highest BCUT2D eigenvalue weighted by Crippen LogP contribution is 2.47. The Morgan fingerprint density at radius 2 is 2.11 bits per heavy atom. The summed E-state index contributed by atoms with van der Waals surface area (Å²) in [4.78, 5) is 1.52. The third kappa shape index (κ3) is 1.24. The highest BCUT2D eigenvalue weighted by molar-refractivity contribution is 7.17. The van der Waals surface area contributed by atoms with E-state index in [4.69, 9.17) is 0 Å². The molecule has 0 radical (unpaired) electrons. The Morgan fingerprint density at radius 3 is 3.00 bits per heavy atom. The van der Waals surface area contributed by atoms with Crippen molar-refractivity contribution in [3.8, 4) is 11.4 Å². The van der Waals surface area contributed by atoms with Crippen LogP contribution in [0, 0.1) is 0 Å². The summed E-state index contributed by atoms with van der Waals surface area (Å²) in [6, 6.07) is 0. The first-order valence-electron chi connectivity index (χ1n) is 6.39. The van der Waals surface area contributed by atoms with Crippen LogP contribution in [-0.4, -0.2) is 20.2 Å². The Balaban J connectivity index is 2.00. The van der Waals surface area contributed by atoms with Gasteiger partial charge in [0.05, 0.1) is 5.56 Å². The topological polar surface area (TPSA) is 55.6 Å². The van der Waals surface area contributed by atoms with Crippen LogP contribution in [0.4, 0.5) is 5.00 Å². The maximum Gasteiger partial charge on any atom is 0.187 e. The second-order valence-corrected chi connectivity index (χ2v) is 6.62. The Bertz CT molecular complexity index is 624. The number of hydrogen-bond acceptors (Lipinski definition) is 5. The molecule has 1 aliphatic heterocycles. The van der Waals surface area contributed by atoms with Gasteiger partial charge in [0.15, 0.2) is 5.82 Å². The Kier molecular flexibility index (Phi) is 1.93. The van der Waals surface area contributed by atoms with Crippen LogP contribution in [0.5, 0.6) is 0 Å². The van der Waals surface area contributed by atoms with Gasteiger partial charge < -0.3 is 5.32 Å². The second-order valence-electron chi connectivity index (χ2n) is 5.51. The molecule has 2 aromatic rings. The maximum absolute atomic E-state index is 4.24. The van der Waals surface area contributed by atoms with Gasteiger partial charge in [-0.25, -0.2) is 0 Å². The summed E-state index contributed by atoms with van der Waals surface area (Å²) in [5.41, 5.74) is 2.47. The van der Waals surface area contributed by atoms with Crippen LogP contribution in [0.25, 0.3) is 11.4 Å².